The summed E-state index contributed by atoms with van der Waals surface area (Å²) in [6.07, 6.45) is 7.82. The number of nitrogens with one attached hydrogen (secondary N) is 1. The Morgan fingerprint density at radius 1 is 1.33 bits per heavy atom. The van der Waals surface area contributed by atoms with Crippen LogP contribution < -0.4 is 10.2 Å². The molecule has 1 unspecified atom stereocenters. The molecule has 2 heterocycles. The first kappa shape index (κ1) is 11.9. The molecule has 3 rings (SSSR count). The van der Waals surface area contributed by atoms with E-state index in [1.54, 1.807) is 6.33 Å². The minimum Gasteiger partial charge on any atom is -0.352 e. The van der Waals surface area contributed by atoms with E-state index in [0.717, 1.165) is 32.5 Å². The molecule has 1 fully saturated rings. The maximum absolute atomic E-state index is 4.58. The molecule has 0 spiro atoms. The summed E-state index contributed by atoms with van der Waals surface area (Å²) in [6.45, 7) is 5.52. The topological polar surface area (TPSA) is 41.1 Å². The van der Waals surface area contributed by atoms with Gasteiger partial charge in [-0.2, -0.15) is 0 Å². The first-order valence-electron chi connectivity index (χ1n) is 7.20. The van der Waals surface area contributed by atoms with Crippen LogP contribution in [0.2, 0.25) is 0 Å². The summed E-state index contributed by atoms with van der Waals surface area (Å²) in [6, 6.07) is 0.600. The first-order valence-corrected chi connectivity index (χ1v) is 7.20. The number of rotatable bonds is 3. The summed E-state index contributed by atoms with van der Waals surface area (Å²) in [5.41, 5.74) is 2.69. The molecule has 0 saturated carbocycles. The van der Waals surface area contributed by atoms with E-state index in [9.17, 15) is 0 Å². The van der Waals surface area contributed by atoms with Crippen molar-refractivity contribution in [3.63, 3.8) is 0 Å². The molecule has 4 nitrogen and oxygen atoms in total. The van der Waals surface area contributed by atoms with Crippen molar-refractivity contribution in [3.05, 3.63) is 17.6 Å². The monoisotopic (exact) mass is 246 g/mol. The highest BCUT2D eigenvalue weighted by Crippen LogP contribution is 2.29. The second-order valence-corrected chi connectivity index (χ2v) is 5.26. The van der Waals surface area contributed by atoms with Crippen LogP contribution in [0.4, 0.5) is 5.82 Å². The van der Waals surface area contributed by atoms with Gasteiger partial charge in [-0.1, -0.05) is 0 Å². The van der Waals surface area contributed by atoms with Gasteiger partial charge in [0.15, 0.2) is 0 Å². The lowest BCUT2D eigenvalue weighted by molar-refractivity contribution is 0.432. The van der Waals surface area contributed by atoms with Crippen molar-refractivity contribution in [3.8, 4) is 0 Å². The van der Waals surface area contributed by atoms with E-state index in [1.807, 2.05) is 0 Å². The summed E-state index contributed by atoms with van der Waals surface area (Å²) in [7, 11) is 0. The molecule has 1 aromatic rings. The van der Waals surface area contributed by atoms with Crippen molar-refractivity contribution < 1.29 is 0 Å². The number of nitrogens with zero attached hydrogens (tertiary/aromatic N) is 3. The van der Waals surface area contributed by atoms with Gasteiger partial charge < -0.3 is 10.2 Å². The van der Waals surface area contributed by atoms with E-state index < -0.39 is 0 Å². The molecule has 2 aliphatic rings. The molecule has 1 atom stereocenters. The number of hydrogen-bond donors (Lipinski definition) is 1. The van der Waals surface area contributed by atoms with Crippen LogP contribution in [-0.2, 0) is 12.8 Å². The second-order valence-electron chi connectivity index (χ2n) is 5.26. The van der Waals surface area contributed by atoms with Crippen LogP contribution >= 0.6 is 0 Å². The van der Waals surface area contributed by atoms with E-state index >= 15 is 0 Å². The largest absolute Gasteiger partial charge is 0.352 e. The van der Waals surface area contributed by atoms with E-state index in [1.165, 1.54) is 36.3 Å². The highest BCUT2D eigenvalue weighted by molar-refractivity contribution is 5.51. The highest BCUT2D eigenvalue weighted by Gasteiger charge is 2.26. The van der Waals surface area contributed by atoms with Gasteiger partial charge in [-0.3, -0.25) is 0 Å². The molecular weight excluding hydrogens is 224 g/mol. The average molecular weight is 246 g/mol. The summed E-state index contributed by atoms with van der Waals surface area (Å²) < 4.78 is 0. The Bertz CT molecular complexity index is 412. The van der Waals surface area contributed by atoms with Crippen LogP contribution in [0.15, 0.2) is 6.33 Å². The molecule has 4 heteroatoms. The van der Waals surface area contributed by atoms with Crippen LogP contribution in [-0.4, -0.2) is 35.6 Å². The fourth-order valence-corrected chi connectivity index (χ4v) is 3.27. The Labute approximate surface area is 109 Å². The van der Waals surface area contributed by atoms with Gasteiger partial charge in [0, 0.05) is 30.4 Å². The van der Waals surface area contributed by atoms with Crippen molar-refractivity contribution in [2.24, 2.45) is 0 Å². The Kier molecular flexibility index (Phi) is 3.46. The lowest BCUT2D eigenvalue weighted by Gasteiger charge is -2.35. The number of hydrogen-bond acceptors (Lipinski definition) is 4. The summed E-state index contributed by atoms with van der Waals surface area (Å²) in [5.74, 6) is 1.20. The molecule has 1 aliphatic carbocycles. The van der Waals surface area contributed by atoms with Crippen molar-refractivity contribution in [2.75, 3.05) is 24.5 Å². The Balaban J connectivity index is 1.89. The Morgan fingerprint density at radius 2 is 2.28 bits per heavy atom. The summed E-state index contributed by atoms with van der Waals surface area (Å²) in [4.78, 5) is 11.5. The van der Waals surface area contributed by atoms with E-state index in [0.29, 0.717) is 6.04 Å². The molecule has 1 N–H and O–H groups in total. The molecule has 18 heavy (non-hydrogen) atoms. The van der Waals surface area contributed by atoms with Crippen molar-refractivity contribution >= 4 is 5.82 Å². The number of piperidine rings is 1. The number of aryl methyl sites for hydroxylation is 1. The first-order chi connectivity index (χ1) is 8.90. The zero-order valence-electron chi connectivity index (χ0n) is 11.2. The van der Waals surface area contributed by atoms with Gasteiger partial charge in [0.25, 0.3) is 0 Å². The van der Waals surface area contributed by atoms with Gasteiger partial charge in [-0.05, 0) is 45.6 Å². The van der Waals surface area contributed by atoms with Crippen molar-refractivity contribution in [1.29, 1.82) is 0 Å². The Morgan fingerprint density at radius 3 is 3.06 bits per heavy atom. The van der Waals surface area contributed by atoms with Gasteiger partial charge >= 0.3 is 0 Å². The van der Waals surface area contributed by atoms with E-state index in [4.69, 9.17) is 0 Å². The third-order valence-corrected chi connectivity index (χ3v) is 4.18. The Hall–Kier alpha value is -1.16. The van der Waals surface area contributed by atoms with Crippen LogP contribution in [0, 0.1) is 0 Å². The highest BCUT2D eigenvalue weighted by atomic mass is 15.2. The molecule has 98 valence electrons. The zero-order chi connectivity index (χ0) is 12.4. The van der Waals surface area contributed by atoms with Gasteiger partial charge in [-0.15, -0.1) is 0 Å². The molecular formula is C14H22N4. The minimum absolute atomic E-state index is 0.600. The van der Waals surface area contributed by atoms with Crippen LogP contribution in [0.3, 0.4) is 0 Å². The van der Waals surface area contributed by atoms with E-state index in [2.05, 4.69) is 27.1 Å². The maximum Gasteiger partial charge on any atom is 0.135 e. The predicted molar refractivity (Wildman–Crippen MR) is 73.0 cm³/mol. The quantitative estimate of drug-likeness (QED) is 0.878. The van der Waals surface area contributed by atoms with Crippen LogP contribution in [0.5, 0.6) is 0 Å². The van der Waals surface area contributed by atoms with Gasteiger partial charge in [0.05, 0.1) is 0 Å². The molecule has 1 aliphatic heterocycles. The predicted octanol–water partition coefficient (Wildman–Crippen LogP) is 1.54. The van der Waals surface area contributed by atoms with Crippen molar-refractivity contribution in [2.45, 2.75) is 45.1 Å². The number of anilines is 1. The normalized spacial score (nSPS) is 22.8. The van der Waals surface area contributed by atoms with Gasteiger partial charge in [0.2, 0.25) is 0 Å². The standard InChI is InChI=1S/C14H22N4/c1-2-18(11-5-4-8-15-9-11)14-12-6-3-7-13(12)16-10-17-14/h10-11,15H,2-9H2,1H3. The number of likely N-dealkylation sites (N-methyl/N-ethyl adjacent to an activating group) is 1. The fourth-order valence-electron chi connectivity index (χ4n) is 3.27. The molecule has 0 bridgehead atoms. The molecule has 0 amide bonds. The van der Waals surface area contributed by atoms with Crippen molar-refractivity contribution in [1.82, 2.24) is 15.3 Å². The third-order valence-electron chi connectivity index (χ3n) is 4.18. The maximum atomic E-state index is 4.58. The van der Waals surface area contributed by atoms with E-state index in [-0.39, 0.29) is 0 Å². The van der Waals surface area contributed by atoms with Crippen LogP contribution in [0.25, 0.3) is 0 Å². The van der Waals surface area contributed by atoms with Gasteiger partial charge in [0.1, 0.15) is 12.1 Å². The lowest BCUT2D eigenvalue weighted by Crippen LogP contribution is -2.46. The lowest BCUT2D eigenvalue weighted by atomic mass is 10.0. The van der Waals surface area contributed by atoms with Crippen LogP contribution in [0.1, 0.15) is 37.4 Å². The zero-order valence-corrected chi connectivity index (χ0v) is 11.2. The van der Waals surface area contributed by atoms with Gasteiger partial charge in [-0.25, -0.2) is 9.97 Å². The smallest absolute Gasteiger partial charge is 0.135 e. The summed E-state index contributed by atoms with van der Waals surface area (Å²) in [5, 5.41) is 3.50. The number of fused-ring (bicyclic) bond motifs is 1. The molecule has 0 radical (unpaired) electrons. The fraction of sp³-hybridized carbons (Fsp3) is 0.714. The third kappa shape index (κ3) is 2.09. The average Bonchev–Trinajstić information content (AvgIpc) is 2.90. The molecule has 0 aromatic carbocycles. The SMILES string of the molecule is CCN(c1ncnc2c1CCC2)C1CCCNC1. The summed E-state index contributed by atoms with van der Waals surface area (Å²) >= 11 is 0. The molecule has 1 saturated heterocycles. The second kappa shape index (κ2) is 5.22. The minimum atomic E-state index is 0.600. The molecule has 1 aromatic heterocycles. The number of aromatic nitrogens is 2.